The zero-order chi connectivity index (χ0) is 14.6. The van der Waals surface area contributed by atoms with Gasteiger partial charge in [-0.1, -0.05) is 5.16 Å². The standard InChI is InChI=1S/C9H11F3N2O5/c10-9(11,12)4-14(1-2-15)7(16)6-3-5(8(17)18)13-19-6/h6,15H,1-4H2,(H,17,18). The number of nitrogens with zero attached hydrogens (tertiary/aromatic N) is 2. The third kappa shape index (κ3) is 4.39. The number of halogens is 3. The van der Waals surface area contributed by atoms with Gasteiger partial charge in [0.2, 0.25) is 6.10 Å². The summed E-state index contributed by atoms with van der Waals surface area (Å²) in [6.07, 6.45) is -6.44. The Labute approximate surface area is 105 Å². The quantitative estimate of drug-likeness (QED) is 0.715. The molecule has 0 aliphatic carbocycles. The number of carboxylic acids is 1. The van der Waals surface area contributed by atoms with E-state index in [-0.39, 0.29) is 0 Å². The van der Waals surface area contributed by atoms with Crippen molar-refractivity contribution in [2.24, 2.45) is 5.16 Å². The summed E-state index contributed by atoms with van der Waals surface area (Å²) in [4.78, 5) is 27.1. The second-order valence-corrected chi connectivity index (χ2v) is 3.74. The number of amides is 1. The summed E-state index contributed by atoms with van der Waals surface area (Å²) >= 11 is 0. The van der Waals surface area contributed by atoms with Crippen molar-refractivity contribution >= 4 is 17.6 Å². The van der Waals surface area contributed by atoms with E-state index in [4.69, 9.17) is 10.2 Å². The molecule has 1 rings (SSSR count). The van der Waals surface area contributed by atoms with Crippen LogP contribution in [0.2, 0.25) is 0 Å². The highest BCUT2D eigenvalue weighted by molar-refractivity contribution is 6.36. The van der Waals surface area contributed by atoms with Gasteiger partial charge < -0.3 is 20.0 Å². The molecule has 0 bridgehead atoms. The molecule has 1 aliphatic heterocycles. The van der Waals surface area contributed by atoms with Gasteiger partial charge in [-0.15, -0.1) is 0 Å². The number of rotatable bonds is 5. The predicted molar refractivity (Wildman–Crippen MR) is 54.3 cm³/mol. The Kier molecular flexibility index (Phi) is 4.70. The van der Waals surface area contributed by atoms with Crippen LogP contribution in [0.4, 0.5) is 13.2 Å². The van der Waals surface area contributed by atoms with Gasteiger partial charge in [0, 0.05) is 13.0 Å². The summed E-state index contributed by atoms with van der Waals surface area (Å²) in [5.74, 6) is -2.47. The number of aliphatic hydroxyl groups is 1. The fraction of sp³-hybridized carbons (Fsp3) is 0.667. The molecule has 7 nitrogen and oxygen atoms in total. The molecule has 0 saturated carbocycles. The molecule has 0 radical (unpaired) electrons. The molecule has 0 spiro atoms. The SMILES string of the molecule is O=C(O)C1=NOC(C(=O)N(CCO)CC(F)(F)F)C1. The first-order chi connectivity index (χ1) is 8.74. The highest BCUT2D eigenvalue weighted by Gasteiger charge is 2.39. The third-order valence-electron chi connectivity index (χ3n) is 2.24. The van der Waals surface area contributed by atoms with Gasteiger partial charge in [0.25, 0.3) is 5.91 Å². The lowest BCUT2D eigenvalue weighted by atomic mass is 10.1. The van der Waals surface area contributed by atoms with Crippen LogP contribution >= 0.6 is 0 Å². The fourth-order valence-electron chi connectivity index (χ4n) is 1.44. The maximum Gasteiger partial charge on any atom is 0.406 e. The van der Waals surface area contributed by atoms with E-state index >= 15 is 0 Å². The number of oxime groups is 1. The summed E-state index contributed by atoms with van der Waals surface area (Å²) < 4.78 is 36.7. The van der Waals surface area contributed by atoms with E-state index < -0.39 is 56.0 Å². The average Bonchev–Trinajstić information content (AvgIpc) is 2.75. The highest BCUT2D eigenvalue weighted by atomic mass is 19.4. The Morgan fingerprint density at radius 2 is 2.11 bits per heavy atom. The Hall–Kier alpha value is -1.84. The summed E-state index contributed by atoms with van der Waals surface area (Å²) in [7, 11) is 0. The largest absolute Gasteiger partial charge is 0.477 e. The van der Waals surface area contributed by atoms with Gasteiger partial charge in [-0.05, 0) is 0 Å². The molecule has 1 unspecified atom stereocenters. The molecule has 1 heterocycles. The molecular weight excluding hydrogens is 273 g/mol. The molecule has 0 aromatic carbocycles. The first kappa shape index (κ1) is 15.2. The molecule has 0 saturated heterocycles. The Morgan fingerprint density at radius 1 is 1.47 bits per heavy atom. The minimum Gasteiger partial charge on any atom is -0.477 e. The summed E-state index contributed by atoms with van der Waals surface area (Å²) in [6.45, 7) is -2.73. The zero-order valence-electron chi connectivity index (χ0n) is 9.55. The van der Waals surface area contributed by atoms with Gasteiger partial charge in [-0.2, -0.15) is 13.2 Å². The highest BCUT2D eigenvalue weighted by Crippen LogP contribution is 2.19. The molecule has 108 valence electrons. The number of alkyl halides is 3. The van der Waals surface area contributed by atoms with Crippen molar-refractivity contribution in [1.29, 1.82) is 0 Å². The van der Waals surface area contributed by atoms with Crippen molar-refractivity contribution in [3.8, 4) is 0 Å². The Morgan fingerprint density at radius 3 is 2.53 bits per heavy atom. The second-order valence-electron chi connectivity index (χ2n) is 3.74. The van der Waals surface area contributed by atoms with E-state index in [0.29, 0.717) is 4.90 Å². The topological polar surface area (TPSA) is 99.4 Å². The summed E-state index contributed by atoms with van der Waals surface area (Å²) in [5.41, 5.74) is -0.436. The molecule has 0 fully saturated rings. The van der Waals surface area contributed by atoms with E-state index in [1.807, 2.05) is 0 Å². The van der Waals surface area contributed by atoms with Crippen LogP contribution in [0.3, 0.4) is 0 Å². The van der Waals surface area contributed by atoms with E-state index in [1.54, 1.807) is 0 Å². The molecule has 1 aliphatic rings. The fourth-order valence-corrected chi connectivity index (χ4v) is 1.44. The molecule has 0 aromatic heterocycles. The molecule has 1 atom stereocenters. The van der Waals surface area contributed by atoms with Crippen molar-refractivity contribution < 1.29 is 37.8 Å². The first-order valence-electron chi connectivity index (χ1n) is 5.17. The number of carbonyl (C=O) groups is 2. The number of hydrogen-bond donors (Lipinski definition) is 2. The van der Waals surface area contributed by atoms with E-state index in [1.165, 1.54) is 0 Å². The van der Waals surface area contributed by atoms with Gasteiger partial charge in [0.05, 0.1) is 6.61 Å². The lowest BCUT2D eigenvalue weighted by Crippen LogP contribution is -2.45. The number of aliphatic carboxylic acids is 1. The summed E-state index contributed by atoms with van der Waals surface area (Å²) in [5, 5.41) is 20.3. The van der Waals surface area contributed by atoms with Gasteiger partial charge in [0.1, 0.15) is 6.54 Å². The van der Waals surface area contributed by atoms with Crippen LogP contribution in [0.5, 0.6) is 0 Å². The zero-order valence-corrected chi connectivity index (χ0v) is 9.55. The van der Waals surface area contributed by atoms with Crippen molar-refractivity contribution in [2.45, 2.75) is 18.7 Å². The molecule has 2 N–H and O–H groups in total. The summed E-state index contributed by atoms with van der Waals surface area (Å²) in [6, 6.07) is 0. The van der Waals surface area contributed by atoms with Crippen molar-refractivity contribution in [1.82, 2.24) is 4.90 Å². The molecule has 10 heteroatoms. The second kappa shape index (κ2) is 5.87. The van der Waals surface area contributed by atoms with Gasteiger partial charge >= 0.3 is 12.1 Å². The van der Waals surface area contributed by atoms with Crippen molar-refractivity contribution in [3.63, 3.8) is 0 Å². The van der Waals surface area contributed by atoms with Gasteiger partial charge in [-0.3, -0.25) is 4.79 Å². The van der Waals surface area contributed by atoms with Crippen LogP contribution in [0.15, 0.2) is 5.16 Å². The van der Waals surface area contributed by atoms with E-state index in [9.17, 15) is 22.8 Å². The van der Waals surface area contributed by atoms with Crippen LogP contribution in [0.25, 0.3) is 0 Å². The van der Waals surface area contributed by atoms with Crippen LogP contribution in [-0.2, 0) is 14.4 Å². The number of carbonyl (C=O) groups excluding carboxylic acids is 1. The van der Waals surface area contributed by atoms with Gasteiger partial charge in [-0.25, -0.2) is 4.79 Å². The maximum atomic E-state index is 12.2. The number of aliphatic hydroxyl groups excluding tert-OH is 1. The third-order valence-corrected chi connectivity index (χ3v) is 2.24. The first-order valence-corrected chi connectivity index (χ1v) is 5.17. The molecule has 0 aromatic rings. The molecular formula is C9H11F3N2O5. The van der Waals surface area contributed by atoms with Gasteiger partial charge in [0.15, 0.2) is 5.71 Å². The molecule has 1 amide bonds. The predicted octanol–water partition coefficient (Wildman–Crippen LogP) is -0.401. The molecule has 19 heavy (non-hydrogen) atoms. The minimum absolute atomic E-state index is 0.352. The lowest BCUT2D eigenvalue weighted by Gasteiger charge is -2.24. The maximum absolute atomic E-state index is 12.2. The van der Waals surface area contributed by atoms with Crippen LogP contribution < -0.4 is 0 Å². The van der Waals surface area contributed by atoms with Crippen molar-refractivity contribution in [3.05, 3.63) is 0 Å². The number of hydrogen-bond acceptors (Lipinski definition) is 5. The van der Waals surface area contributed by atoms with E-state index in [2.05, 4.69) is 9.99 Å². The minimum atomic E-state index is -4.63. The smallest absolute Gasteiger partial charge is 0.406 e. The van der Waals surface area contributed by atoms with Crippen LogP contribution in [0.1, 0.15) is 6.42 Å². The lowest BCUT2D eigenvalue weighted by molar-refractivity contribution is -0.168. The van der Waals surface area contributed by atoms with E-state index in [0.717, 1.165) is 0 Å². The van der Waals surface area contributed by atoms with Crippen LogP contribution in [0, 0.1) is 0 Å². The average molecular weight is 284 g/mol. The monoisotopic (exact) mass is 284 g/mol. The normalized spacial score (nSPS) is 18.7. The van der Waals surface area contributed by atoms with Crippen LogP contribution in [-0.4, -0.2) is 64.7 Å². The number of carboxylic acid groups (broad SMARTS) is 1. The van der Waals surface area contributed by atoms with Crippen molar-refractivity contribution in [2.75, 3.05) is 19.7 Å². The Bertz CT molecular complexity index is 396. The Balaban J connectivity index is 2.66.